The lowest BCUT2D eigenvalue weighted by atomic mass is 9.97. The van der Waals surface area contributed by atoms with Gasteiger partial charge in [-0.15, -0.1) is 0 Å². The molecule has 0 saturated carbocycles. The zero-order valence-electron chi connectivity index (χ0n) is 12.2. The van der Waals surface area contributed by atoms with E-state index in [0.717, 1.165) is 13.0 Å². The monoisotopic (exact) mass is 280 g/mol. The maximum atomic E-state index is 11.7. The van der Waals surface area contributed by atoms with E-state index in [2.05, 4.69) is 11.4 Å². The quantitative estimate of drug-likeness (QED) is 0.759. The lowest BCUT2D eigenvalue weighted by molar-refractivity contribution is -0.121. The highest BCUT2D eigenvalue weighted by atomic mass is 16.6. The number of carbonyl (C=O) groups is 2. The van der Waals surface area contributed by atoms with Gasteiger partial charge in [0, 0.05) is 20.0 Å². The molecule has 1 fully saturated rings. The fourth-order valence-electron chi connectivity index (χ4n) is 2.67. The van der Waals surface area contributed by atoms with Gasteiger partial charge in [0.15, 0.2) is 0 Å². The van der Waals surface area contributed by atoms with Crippen LogP contribution >= 0.6 is 0 Å². The summed E-state index contributed by atoms with van der Waals surface area (Å²) in [7, 11) is 1.71. The molecule has 0 aromatic heterocycles. The van der Waals surface area contributed by atoms with Gasteiger partial charge in [0.1, 0.15) is 6.10 Å². The minimum absolute atomic E-state index is 0.0482. The Morgan fingerprint density at radius 2 is 2.35 bits per heavy atom. The molecule has 5 heteroatoms. The van der Waals surface area contributed by atoms with Gasteiger partial charge in [-0.25, -0.2) is 4.79 Å². The van der Waals surface area contributed by atoms with Crippen molar-refractivity contribution in [3.05, 3.63) is 11.6 Å². The lowest BCUT2D eigenvalue weighted by Gasteiger charge is -2.13. The maximum absolute atomic E-state index is 11.7. The van der Waals surface area contributed by atoms with E-state index in [1.807, 2.05) is 0 Å². The predicted molar refractivity (Wildman–Crippen MR) is 76.3 cm³/mol. The fraction of sp³-hybridized carbons (Fsp3) is 0.733. The third kappa shape index (κ3) is 4.54. The van der Waals surface area contributed by atoms with Crippen LogP contribution in [0.2, 0.25) is 0 Å². The van der Waals surface area contributed by atoms with E-state index in [9.17, 15) is 9.59 Å². The van der Waals surface area contributed by atoms with Crippen LogP contribution in [0.1, 0.15) is 44.9 Å². The number of rotatable bonds is 6. The minimum atomic E-state index is -0.292. The van der Waals surface area contributed by atoms with Crippen molar-refractivity contribution in [3.63, 3.8) is 0 Å². The molecule has 2 amide bonds. The molecule has 0 bridgehead atoms. The van der Waals surface area contributed by atoms with Crippen molar-refractivity contribution >= 4 is 12.0 Å². The molecule has 112 valence electrons. The first-order chi connectivity index (χ1) is 9.65. The zero-order valence-corrected chi connectivity index (χ0v) is 12.2. The predicted octanol–water partition coefficient (Wildman–Crippen LogP) is 2.22. The summed E-state index contributed by atoms with van der Waals surface area (Å²) in [6.45, 7) is 1.30. The van der Waals surface area contributed by atoms with Crippen LogP contribution in [0.3, 0.4) is 0 Å². The summed E-state index contributed by atoms with van der Waals surface area (Å²) in [5.74, 6) is 0.0482. The number of nitrogens with zero attached hydrogens (tertiary/aromatic N) is 1. The van der Waals surface area contributed by atoms with E-state index in [1.54, 1.807) is 7.05 Å². The summed E-state index contributed by atoms with van der Waals surface area (Å²) in [6.07, 6.45) is 8.81. The number of nitrogens with one attached hydrogen (secondary N) is 1. The molecule has 0 aromatic rings. The van der Waals surface area contributed by atoms with E-state index in [1.165, 1.54) is 36.2 Å². The SMILES string of the molecule is CN1CC(CCC(=O)NCCC2=CCCCC2)OC1=O. The normalized spacial score (nSPS) is 22.4. The van der Waals surface area contributed by atoms with Gasteiger partial charge in [0.2, 0.25) is 5.91 Å². The molecule has 0 radical (unpaired) electrons. The lowest BCUT2D eigenvalue weighted by Crippen LogP contribution is -2.26. The van der Waals surface area contributed by atoms with Crippen LogP contribution in [-0.2, 0) is 9.53 Å². The van der Waals surface area contributed by atoms with Gasteiger partial charge in [-0.1, -0.05) is 11.6 Å². The molecule has 5 nitrogen and oxygen atoms in total. The smallest absolute Gasteiger partial charge is 0.409 e. The average molecular weight is 280 g/mol. The fourth-order valence-corrected chi connectivity index (χ4v) is 2.67. The average Bonchev–Trinajstić information content (AvgIpc) is 2.77. The van der Waals surface area contributed by atoms with Crippen LogP contribution in [0.4, 0.5) is 4.79 Å². The molecule has 1 N–H and O–H groups in total. The highest BCUT2D eigenvalue weighted by molar-refractivity contribution is 5.76. The second-order valence-corrected chi connectivity index (χ2v) is 5.63. The van der Waals surface area contributed by atoms with Crippen molar-refractivity contribution in [1.82, 2.24) is 10.2 Å². The van der Waals surface area contributed by atoms with E-state index < -0.39 is 0 Å². The number of amides is 2. The Bertz CT molecular complexity index is 393. The Hall–Kier alpha value is -1.52. The largest absolute Gasteiger partial charge is 0.444 e. The molecule has 1 unspecified atom stereocenters. The van der Waals surface area contributed by atoms with Crippen molar-refractivity contribution in [2.45, 2.75) is 51.0 Å². The number of allylic oxidation sites excluding steroid dienone is 1. The zero-order chi connectivity index (χ0) is 14.4. The summed E-state index contributed by atoms with van der Waals surface area (Å²) in [4.78, 5) is 24.4. The molecular weight excluding hydrogens is 256 g/mol. The Kier molecular flexibility index (Phi) is 5.44. The number of hydrogen-bond acceptors (Lipinski definition) is 3. The van der Waals surface area contributed by atoms with Gasteiger partial charge in [-0.3, -0.25) is 4.79 Å². The molecule has 1 aliphatic carbocycles. The number of cyclic esters (lactones) is 1. The summed E-state index contributed by atoms with van der Waals surface area (Å²) < 4.78 is 5.12. The van der Waals surface area contributed by atoms with E-state index >= 15 is 0 Å². The molecule has 0 spiro atoms. The molecule has 1 atom stereocenters. The van der Waals surface area contributed by atoms with Crippen LogP contribution < -0.4 is 5.32 Å². The summed E-state index contributed by atoms with van der Waals surface area (Å²) >= 11 is 0. The van der Waals surface area contributed by atoms with Crippen molar-refractivity contribution in [3.8, 4) is 0 Å². The molecule has 1 saturated heterocycles. The van der Waals surface area contributed by atoms with Gasteiger partial charge in [-0.05, 0) is 38.5 Å². The first-order valence-electron chi connectivity index (χ1n) is 7.51. The third-order valence-electron chi connectivity index (χ3n) is 3.90. The maximum Gasteiger partial charge on any atom is 0.409 e. The van der Waals surface area contributed by atoms with Crippen molar-refractivity contribution < 1.29 is 14.3 Å². The topological polar surface area (TPSA) is 58.6 Å². The van der Waals surface area contributed by atoms with Crippen molar-refractivity contribution in [1.29, 1.82) is 0 Å². The van der Waals surface area contributed by atoms with Crippen LogP contribution in [0.25, 0.3) is 0 Å². The Balaban J connectivity index is 1.56. The van der Waals surface area contributed by atoms with Crippen LogP contribution in [0.5, 0.6) is 0 Å². The second-order valence-electron chi connectivity index (χ2n) is 5.63. The van der Waals surface area contributed by atoms with E-state index in [4.69, 9.17) is 4.74 Å². The number of ether oxygens (including phenoxy) is 1. The molecule has 20 heavy (non-hydrogen) atoms. The van der Waals surface area contributed by atoms with E-state index in [0.29, 0.717) is 19.4 Å². The highest BCUT2D eigenvalue weighted by Gasteiger charge is 2.28. The van der Waals surface area contributed by atoms with Gasteiger partial charge >= 0.3 is 6.09 Å². The second kappa shape index (κ2) is 7.31. The van der Waals surface area contributed by atoms with Crippen LogP contribution in [0.15, 0.2) is 11.6 Å². The first kappa shape index (κ1) is 14.9. The molecule has 2 aliphatic rings. The number of likely N-dealkylation sites (N-methyl/N-ethyl adjacent to an activating group) is 1. The molecule has 2 rings (SSSR count). The molecular formula is C15H24N2O3. The summed E-state index contributed by atoms with van der Waals surface area (Å²) in [6, 6.07) is 0. The van der Waals surface area contributed by atoms with Crippen molar-refractivity contribution in [2.24, 2.45) is 0 Å². The van der Waals surface area contributed by atoms with Gasteiger partial charge in [0.25, 0.3) is 0 Å². The van der Waals surface area contributed by atoms with Crippen molar-refractivity contribution in [2.75, 3.05) is 20.1 Å². The van der Waals surface area contributed by atoms with Gasteiger partial charge in [0.05, 0.1) is 6.54 Å². The minimum Gasteiger partial charge on any atom is -0.444 e. The standard InChI is InChI=1S/C15H24N2O3/c1-17-11-13(20-15(17)19)7-8-14(18)16-10-9-12-5-3-2-4-6-12/h5,13H,2-4,6-11H2,1H3,(H,16,18). The third-order valence-corrected chi connectivity index (χ3v) is 3.90. The van der Waals surface area contributed by atoms with Gasteiger partial charge in [-0.2, -0.15) is 0 Å². The molecule has 0 aromatic carbocycles. The highest BCUT2D eigenvalue weighted by Crippen LogP contribution is 2.19. The molecule has 1 aliphatic heterocycles. The number of carbonyl (C=O) groups excluding carboxylic acids is 2. The van der Waals surface area contributed by atoms with Crippen LogP contribution in [-0.4, -0.2) is 43.1 Å². The Morgan fingerprint density at radius 1 is 1.50 bits per heavy atom. The Morgan fingerprint density at radius 3 is 3.00 bits per heavy atom. The van der Waals surface area contributed by atoms with E-state index in [-0.39, 0.29) is 18.1 Å². The summed E-state index contributed by atoms with van der Waals surface area (Å²) in [5.41, 5.74) is 1.47. The van der Waals surface area contributed by atoms with Crippen LogP contribution in [0, 0.1) is 0 Å². The van der Waals surface area contributed by atoms with Gasteiger partial charge < -0.3 is 15.0 Å². The summed E-state index contributed by atoms with van der Waals surface area (Å²) in [5, 5.41) is 2.94. The molecule has 1 heterocycles. The first-order valence-corrected chi connectivity index (χ1v) is 7.51. The number of hydrogen-bond donors (Lipinski definition) is 1. The Labute approximate surface area is 120 Å².